The van der Waals surface area contributed by atoms with Crippen LogP contribution in [0.2, 0.25) is 0 Å². The van der Waals surface area contributed by atoms with E-state index in [1.54, 1.807) is 18.2 Å². The van der Waals surface area contributed by atoms with Gasteiger partial charge in [-0.15, -0.1) is 0 Å². The number of nitrogens with one attached hydrogen (secondary N) is 1. The molecule has 26 heavy (non-hydrogen) atoms. The maximum atomic E-state index is 11.7. The lowest BCUT2D eigenvalue weighted by atomic mass is 10.1. The molecule has 8 nitrogen and oxygen atoms in total. The number of rotatable bonds is 5. The molecule has 0 aliphatic carbocycles. The highest BCUT2D eigenvalue weighted by atomic mass is 16.5. The summed E-state index contributed by atoms with van der Waals surface area (Å²) in [7, 11) is 1.63. The molecule has 1 aliphatic heterocycles. The minimum Gasteiger partial charge on any atom is -0.497 e. The smallest absolute Gasteiger partial charge is 0.241 e. The number of carbonyl (C=O) groups is 2. The number of amides is 2. The third-order valence-electron chi connectivity index (χ3n) is 4.69. The van der Waals surface area contributed by atoms with Gasteiger partial charge in [0.15, 0.2) is 0 Å². The van der Waals surface area contributed by atoms with E-state index in [0.29, 0.717) is 26.2 Å². The summed E-state index contributed by atoms with van der Waals surface area (Å²) in [6.45, 7) is 3.66. The first-order valence-corrected chi connectivity index (χ1v) is 8.45. The van der Waals surface area contributed by atoms with Crippen LogP contribution in [0.25, 0.3) is 11.3 Å². The molecule has 138 valence electrons. The number of aromatic amines is 1. The summed E-state index contributed by atoms with van der Waals surface area (Å²) in [6.07, 6.45) is 1.79. The standard InChI is InChI=1S/C18H23N5O3/c1-12(24)23-8-7-22(11-16(23)18(19)25)10-14-9-20-21-17(14)13-3-5-15(26-2)6-4-13/h3-6,9,16H,7-8,10-11H2,1-2H3,(H2,19,25)(H,20,21)/t16-/m0/s1. The van der Waals surface area contributed by atoms with Gasteiger partial charge in [-0.05, 0) is 24.3 Å². The summed E-state index contributed by atoms with van der Waals surface area (Å²) in [5.41, 5.74) is 8.45. The molecule has 0 saturated carbocycles. The van der Waals surface area contributed by atoms with E-state index in [1.807, 2.05) is 24.3 Å². The molecule has 8 heteroatoms. The fourth-order valence-corrected chi connectivity index (χ4v) is 3.28. The minimum absolute atomic E-state index is 0.129. The Kier molecular flexibility index (Phi) is 5.22. The van der Waals surface area contributed by atoms with Gasteiger partial charge < -0.3 is 15.4 Å². The summed E-state index contributed by atoms with van der Waals surface area (Å²) < 4.78 is 5.19. The molecule has 0 unspecified atom stereocenters. The van der Waals surface area contributed by atoms with Crippen molar-refractivity contribution >= 4 is 11.8 Å². The molecule has 1 saturated heterocycles. The number of carbonyl (C=O) groups excluding carboxylic acids is 2. The Hall–Kier alpha value is -2.87. The molecule has 3 N–H and O–H groups in total. The van der Waals surface area contributed by atoms with Gasteiger partial charge in [0.05, 0.1) is 19.0 Å². The highest BCUT2D eigenvalue weighted by Gasteiger charge is 2.32. The first-order chi connectivity index (χ1) is 12.5. The molecule has 1 aromatic heterocycles. The van der Waals surface area contributed by atoms with E-state index in [9.17, 15) is 9.59 Å². The van der Waals surface area contributed by atoms with E-state index in [4.69, 9.17) is 10.5 Å². The van der Waals surface area contributed by atoms with Gasteiger partial charge in [-0.1, -0.05) is 0 Å². The summed E-state index contributed by atoms with van der Waals surface area (Å²) in [6, 6.07) is 7.13. The van der Waals surface area contributed by atoms with Crippen LogP contribution in [0.5, 0.6) is 5.75 Å². The number of primary amides is 1. The van der Waals surface area contributed by atoms with E-state index in [1.165, 1.54) is 6.92 Å². The van der Waals surface area contributed by atoms with Crippen LogP contribution in [-0.4, -0.2) is 64.6 Å². The second kappa shape index (κ2) is 7.57. The third-order valence-corrected chi connectivity index (χ3v) is 4.69. The number of nitrogens with zero attached hydrogens (tertiary/aromatic N) is 3. The van der Waals surface area contributed by atoms with E-state index in [0.717, 1.165) is 22.6 Å². The van der Waals surface area contributed by atoms with Gasteiger partial charge in [0.2, 0.25) is 11.8 Å². The quantitative estimate of drug-likeness (QED) is 0.815. The Balaban J connectivity index is 1.75. The van der Waals surface area contributed by atoms with Gasteiger partial charge in [-0.2, -0.15) is 5.10 Å². The van der Waals surface area contributed by atoms with Gasteiger partial charge in [0.25, 0.3) is 0 Å². The molecule has 2 heterocycles. The number of hydrogen-bond acceptors (Lipinski definition) is 5. The van der Waals surface area contributed by atoms with E-state index in [-0.39, 0.29) is 5.91 Å². The van der Waals surface area contributed by atoms with E-state index >= 15 is 0 Å². The van der Waals surface area contributed by atoms with Crippen molar-refractivity contribution in [1.29, 1.82) is 0 Å². The second-order valence-electron chi connectivity index (χ2n) is 6.36. The van der Waals surface area contributed by atoms with Crippen LogP contribution in [-0.2, 0) is 16.1 Å². The Morgan fingerprint density at radius 1 is 1.31 bits per heavy atom. The number of benzene rings is 1. The highest BCUT2D eigenvalue weighted by Crippen LogP contribution is 2.25. The summed E-state index contributed by atoms with van der Waals surface area (Å²) in [4.78, 5) is 27.1. The fourth-order valence-electron chi connectivity index (χ4n) is 3.28. The number of ether oxygens (including phenoxy) is 1. The average Bonchev–Trinajstić information content (AvgIpc) is 3.09. The van der Waals surface area contributed by atoms with Gasteiger partial charge in [0, 0.05) is 44.2 Å². The van der Waals surface area contributed by atoms with Crippen LogP contribution in [0.1, 0.15) is 12.5 Å². The van der Waals surface area contributed by atoms with Crippen molar-refractivity contribution in [2.24, 2.45) is 5.73 Å². The maximum absolute atomic E-state index is 11.7. The number of aromatic nitrogens is 2. The van der Waals surface area contributed by atoms with Crippen LogP contribution in [0, 0.1) is 0 Å². The summed E-state index contributed by atoms with van der Waals surface area (Å²) in [5, 5.41) is 7.20. The number of hydrogen-bond donors (Lipinski definition) is 2. The van der Waals surface area contributed by atoms with Crippen LogP contribution in [0.4, 0.5) is 0 Å². The number of H-pyrrole nitrogens is 1. The molecule has 1 atom stereocenters. The first-order valence-electron chi connectivity index (χ1n) is 8.45. The monoisotopic (exact) mass is 357 g/mol. The molecule has 0 radical (unpaired) electrons. The van der Waals surface area contributed by atoms with Crippen molar-refractivity contribution < 1.29 is 14.3 Å². The minimum atomic E-state index is -0.599. The fraction of sp³-hybridized carbons (Fsp3) is 0.389. The predicted octanol–water partition coefficient (Wildman–Crippen LogP) is 0.603. The lowest BCUT2D eigenvalue weighted by Crippen LogP contribution is -2.59. The molecule has 3 rings (SSSR count). The largest absolute Gasteiger partial charge is 0.497 e. The second-order valence-corrected chi connectivity index (χ2v) is 6.36. The van der Waals surface area contributed by atoms with E-state index in [2.05, 4.69) is 15.1 Å². The zero-order valence-electron chi connectivity index (χ0n) is 14.9. The van der Waals surface area contributed by atoms with Crippen LogP contribution >= 0.6 is 0 Å². The topological polar surface area (TPSA) is 105 Å². The molecule has 2 aromatic rings. The Labute approximate surface area is 151 Å². The molecular weight excluding hydrogens is 334 g/mol. The average molecular weight is 357 g/mol. The predicted molar refractivity (Wildman–Crippen MR) is 96.2 cm³/mol. The van der Waals surface area contributed by atoms with Gasteiger partial charge in [0.1, 0.15) is 11.8 Å². The Morgan fingerprint density at radius 3 is 2.65 bits per heavy atom. The van der Waals surface area contributed by atoms with Crippen LogP contribution in [0.3, 0.4) is 0 Å². The highest BCUT2D eigenvalue weighted by molar-refractivity contribution is 5.86. The van der Waals surface area contributed by atoms with Crippen LogP contribution < -0.4 is 10.5 Å². The van der Waals surface area contributed by atoms with Crippen molar-refractivity contribution in [3.05, 3.63) is 36.0 Å². The molecule has 1 aliphatic rings. The van der Waals surface area contributed by atoms with Crippen molar-refractivity contribution in [2.75, 3.05) is 26.7 Å². The van der Waals surface area contributed by atoms with Crippen LogP contribution in [0.15, 0.2) is 30.5 Å². The first kappa shape index (κ1) is 17.9. The third kappa shape index (κ3) is 3.70. The van der Waals surface area contributed by atoms with Crippen molar-refractivity contribution in [3.63, 3.8) is 0 Å². The Bertz CT molecular complexity index is 786. The number of methoxy groups -OCH3 is 1. The van der Waals surface area contributed by atoms with Gasteiger partial charge >= 0.3 is 0 Å². The van der Waals surface area contributed by atoms with Gasteiger partial charge in [-0.25, -0.2) is 0 Å². The van der Waals surface area contributed by atoms with E-state index < -0.39 is 11.9 Å². The zero-order valence-corrected chi connectivity index (χ0v) is 14.9. The molecule has 0 spiro atoms. The molecule has 0 bridgehead atoms. The number of piperazine rings is 1. The Morgan fingerprint density at radius 2 is 2.04 bits per heavy atom. The SMILES string of the molecule is COc1ccc(-c2[nH]ncc2CN2CCN(C(C)=O)[C@H](C(N)=O)C2)cc1. The zero-order chi connectivity index (χ0) is 18.7. The van der Waals surface area contributed by atoms with Gasteiger partial charge in [-0.3, -0.25) is 19.6 Å². The van der Waals surface area contributed by atoms with Crippen molar-refractivity contribution in [2.45, 2.75) is 19.5 Å². The summed E-state index contributed by atoms with van der Waals surface area (Å²) >= 11 is 0. The molecule has 2 amide bonds. The normalized spacial score (nSPS) is 17.9. The van der Waals surface area contributed by atoms with Crippen molar-refractivity contribution in [3.8, 4) is 17.0 Å². The number of nitrogens with two attached hydrogens (primary N) is 1. The van der Waals surface area contributed by atoms with Crippen molar-refractivity contribution in [1.82, 2.24) is 20.0 Å². The molecule has 1 aromatic carbocycles. The molecule has 1 fully saturated rings. The maximum Gasteiger partial charge on any atom is 0.241 e. The lowest BCUT2D eigenvalue weighted by Gasteiger charge is -2.39. The summed E-state index contributed by atoms with van der Waals surface area (Å²) in [5.74, 6) is 0.183. The lowest BCUT2D eigenvalue weighted by molar-refractivity contribution is -0.141. The molecular formula is C18H23N5O3.